The maximum Gasteiger partial charge on any atom is 0.490 e. The van der Waals surface area contributed by atoms with Crippen LogP contribution in [0.3, 0.4) is 0 Å². The van der Waals surface area contributed by atoms with Gasteiger partial charge >= 0.3 is 12.1 Å². The predicted octanol–water partition coefficient (Wildman–Crippen LogP) is 5.01. The molecule has 3 heterocycles. The summed E-state index contributed by atoms with van der Waals surface area (Å²) in [6.07, 6.45) is -1.81. The van der Waals surface area contributed by atoms with Crippen LogP contribution in [0, 0.1) is 6.92 Å². The van der Waals surface area contributed by atoms with E-state index in [0.29, 0.717) is 16.4 Å². The Balaban J connectivity index is 0.000000405. The van der Waals surface area contributed by atoms with Crippen LogP contribution in [-0.2, 0) is 4.79 Å². The number of nitrogens with zero attached hydrogens (tertiary/aromatic N) is 4. The lowest BCUT2D eigenvalue weighted by molar-refractivity contribution is -0.192. The molecule has 0 saturated carbocycles. The number of aromatic nitrogens is 5. The van der Waals surface area contributed by atoms with E-state index in [1.54, 1.807) is 19.2 Å². The molecule has 0 saturated heterocycles. The number of nitrogens with one attached hydrogen (secondary N) is 3. The van der Waals surface area contributed by atoms with E-state index in [-0.39, 0.29) is 11.7 Å². The number of amides is 1. The molecule has 0 aliphatic heterocycles. The molecule has 0 unspecified atom stereocenters. The molecule has 5 rings (SSSR count). The van der Waals surface area contributed by atoms with Crippen molar-refractivity contribution < 1.29 is 32.4 Å². The third-order valence-electron chi connectivity index (χ3n) is 4.68. The lowest BCUT2D eigenvalue weighted by Gasteiger charge is -2.05. The van der Waals surface area contributed by atoms with Gasteiger partial charge in [0.2, 0.25) is 10.9 Å². The number of hydrogen-bond donors (Lipinski definition) is 4. The van der Waals surface area contributed by atoms with Gasteiger partial charge in [0.15, 0.2) is 0 Å². The van der Waals surface area contributed by atoms with E-state index in [9.17, 15) is 18.0 Å². The molecule has 3 aromatic heterocycles. The highest BCUT2D eigenvalue weighted by Gasteiger charge is 2.38. The summed E-state index contributed by atoms with van der Waals surface area (Å²) in [4.78, 5) is 21.2. The first kappa shape index (κ1) is 25.3. The molecule has 11 nitrogen and oxygen atoms in total. The van der Waals surface area contributed by atoms with Crippen LogP contribution in [0.4, 0.5) is 29.7 Å². The first-order valence-electron chi connectivity index (χ1n) is 10.3. The molecule has 0 radical (unpaired) electrons. The van der Waals surface area contributed by atoms with E-state index < -0.39 is 12.1 Å². The molecule has 0 fully saturated rings. The number of carbonyl (C=O) groups excluding carboxylic acids is 1. The van der Waals surface area contributed by atoms with E-state index >= 15 is 0 Å². The zero-order valence-electron chi connectivity index (χ0n) is 18.7. The van der Waals surface area contributed by atoms with Crippen molar-refractivity contribution in [2.75, 3.05) is 10.6 Å². The van der Waals surface area contributed by atoms with Crippen LogP contribution >= 0.6 is 11.3 Å². The molecule has 15 heteroatoms. The van der Waals surface area contributed by atoms with Gasteiger partial charge in [0.05, 0.1) is 17.9 Å². The summed E-state index contributed by atoms with van der Waals surface area (Å²) in [6.45, 7) is 1.77. The Bertz CT molecular complexity index is 1560. The smallest absolute Gasteiger partial charge is 0.475 e. The van der Waals surface area contributed by atoms with Crippen molar-refractivity contribution in [3.63, 3.8) is 0 Å². The molecule has 0 aliphatic carbocycles. The van der Waals surface area contributed by atoms with E-state index in [0.717, 1.165) is 27.2 Å². The Morgan fingerprint density at radius 2 is 1.86 bits per heavy atom. The maximum atomic E-state index is 12.3. The van der Waals surface area contributed by atoms with E-state index in [4.69, 9.17) is 14.4 Å². The van der Waals surface area contributed by atoms with E-state index in [1.165, 1.54) is 17.5 Å². The Hall–Kier alpha value is -4.79. The summed E-state index contributed by atoms with van der Waals surface area (Å²) >= 11 is 1.42. The van der Waals surface area contributed by atoms with Crippen molar-refractivity contribution in [3.8, 4) is 10.6 Å². The highest BCUT2D eigenvalue weighted by atomic mass is 32.1. The van der Waals surface area contributed by atoms with Crippen LogP contribution in [0.1, 0.15) is 16.1 Å². The lowest BCUT2D eigenvalue weighted by Crippen LogP contribution is -2.21. The molecular formula is C22H16F3N7O4S. The molecule has 190 valence electrons. The fourth-order valence-electron chi connectivity index (χ4n) is 2.96. The van der Waals surface area contributed by atoms with Crippen molar-refractivity contribution in [1.29, 1.82) is 0 Å². The van der Waals surface area contributed by atoms with Crippen molar-refractivity contribution in [3.05, 3.63) is 66.2 Å². The van der Waals surface area contributed by atoms with Crippen molar-refractivity contribution in [2.24, 2.45) is 0 Å². The third kappa shape index (κ3) is 6.26. The Morgan fingerprint density at radius 1 is 1.08 bits per heavy atom. The quantitative estimate of drug-likeness (QED) is 0.245. The van der Waals surface area contributed by atoms with Crippen LogP contribution in [0.15, 0.2) is 59.4 Å². The second-order valence-electron chi connectivity index (χ2n) is 7.39. The number of halogens is 3. The topological polar surface area (TPSA) is 159 Å². The lowest BCUT2D eigenvalue weighted by atomic mass is 10.2. The molecule has 4 N–H and O–H groups in total. The van der Waals surface area contributed by atoms with Gasteiger partial charge < -0.3 is 20.3 Å². The summed E-state index contributed by atoms with van der Waals surface area (Å²) in [7, 11) is 0. The Morgan fingerprint density at radius 3 is 2.57 bits per heavy atom. The monoisotopic (exact) mass is 531 g/mol. The average molecular weight is 531 g/mol. The molecule has 0 spiro atoms. The van der Waals surface area contributed by atoms with Crippen molar-refractivity contribution in [1.82, 2.24) is 25.6 Å². The summed E-state index contributed by atoms with van der Waals surface area (Å²) in [5, 5.41) is 34.7. The third-order valence-corrected chi connectivity index (χ3v) is 5.57. The minimum atomic E-state index is -5.08. The summed E-state index contributed by atoms with van der Waals surface area (Å²) in [5.41, 5.74) is 4.02. The van der Waals surface area contributed by atoms with Crippen LogP contribution in [0.2, 0.25) is 0 Å². The van der Waals surface area contributed by atoms with Crippen LogP contribution in [-0.4, -0.2) is 48.7 Å². The minimum Gasteiger partial charge on any atom is -0.475 e. The number of carboxylic acids is 1. The summed E-state index contributed by atoms with van der Waals surface area (Å²) < 4.78 is 36.7. The zero-order valence-corrected chi connectivity index (χ0v) is 19.5. The molecule has 0 atom stereocenters. The fraction of sp³-hybridized carbons (Fsp3) is 0.0909. The van der Waals surface area contributed by atoms with Gasteiger partial charge in [0.25, 0.3) is 5.91 Å². The number of aryl methyl sites for hydroxylation is 1. The van der Waals surface area contributed by atoms with Gasteiger partial charge in [-0.1, -0.05) is 28.6 Å². The first-order valence-corrected chi connectivity index (χ1v) is 11.1. The van der Waals surface area contributed by atoms with Crippen LogP contribution < -0.4 is 10.6 Å². The molecule has 0 bridgehead atoms. The summed E-state index contributed by atoms with van der Waals surface area (Å²) in [6, 6.07) is 13.3. The molecule has 37 heavy (non-hydrogen) atoms. The SMILES string of the molecule is Cc1cnoc1C(=O)Nc1cccc(-c2nnc(Nc3ccc4[nH]ncc4c3)s2)c1.O=C(O)C(F)(F)F. The molecular weight excluding hydrogens is 515 g/mol. The molecule has 0 aliphatic rings. The van der Waals surface area contributed by atoms with Gasteiger partial charge in [0.1, 0.15) is 5.01 Å². The standard InChI is InChI=1S/C20H15N7O2S.C2HF3O2/c1-11-9-22-29-17(11)18(28)23-14-4-2-3-12(7-14)19-26-27-20(30-19)24-15-5-6-16-13(8-15)10-21-25-16;3-2(4,5)1(6)7/h2-10H,1H3,(H,21,25)(H,23,28)(H,24,27);(H,6,7). The second-order valence-corrected chi connectivity index (χ2v) is 8.36. The summed E-state index contributed by atoms with van der Waals surface area (Å²) in [5.74, 6) is -2.92. The van der Waals surface area contributed by atoms with E-state index in [1.807, 2.05) is 36.4 Å². The largest absolute Gasteiger partial charge is 0.490 e. The van der Waals surface area contributed by atoms with Gasteiger partial charge in [-0.2, -0.15) is 18.3 Å². The van der Waals surface area contributed by atoms with Gasteiger partial charge in [-0.15, -0.1) is 10.2 Å². The fourth-order valence-corrected chi connectivity index (χ4v) is 3.72. The van der Waals surface area contributed by atoms with Gasteiger partial charge in [0, 0.05) is 27.9 Å². The number of benzene rings is 2. The predicted molar refractivity (Wildman–Crippen MR) is 128 cm³/mol. The van der Waals surface area contributed by atoms with Crippen LogP contribution in [0.25, 0.3) is 21.5 Å². The number of rotatable bonds is 5. The number of alkyl halides is 3. The number of aromatic amines is 1. The highest BCUT2D eigenvalue weighted by Crippen LogP contribution is 2.30. The molecule has 5 aromatic rings. The van der Waals surface area contributed by atoms with Gasteiger partial charge in [-0.05, 0) is 37.3 Å². The zero-order chi connectivity index (χ0) is 26.6. The van der Waals surface area contributed by atoms with E-state index in [2.05, 4.69) is 36.2 Å². The first-order chi connectivity index (χ1) is 17.6. The average Bonchev–Trinajstić information content (AvgIpc) is 3.60. The number of carbonyl (C=O) groups is 2. The second kappa shape index (κ2) is 10.4. The minimum absolute atomic E-state index is 0.192. The normalized spacial score (nSPS) is 11.0. The number of aliphatic carboxylic acids is 1. The van der Waals surface area contributed by atoms with Crippen molar-refractivity contribution >= 4 is 50.6 Å². The van der Waals surface area contributed by atoms with Gasteiger partial charge in [-0.3, -0.25) is 9.89 Å². The number of anilines is 3. The molecule has 2 aromatic carbocycles. The number of hydrogen-bond acceptors (Lipinski definition) is 9. The van der Waals surface area contributed by atoms with Crippen molar-refractivity contribution in [2.45, 2.75) is 13.1 Å². The number of carboxylic acid groups (broad SMARTS) is 1. The Labute approximate surface area is 209 Å². The Kier molecular flexibility index (Phi) is 7.15. The van der Waals surface area contributed by atoms with Crippen LogP contribution in [0.5, 0.6) is 0 Å². The number of H-pyrrole nitrogens is 1. The number of fused-ring (bicyclic) bond motifs is 1. The highest BCUT2D eigenvalue weighted by molar-refractivity contribution is 7.18. The maximum absolute atomic E-state index is 12.3. The van der Waals surface area contributed by atoms with Gasteiger partial charge in [-0.25, -0.2) is 4.79 Å². The molecule has 1 amide bonds.